The fourth-order valence-electron chi connectivity index (χ4n) is 2.92. The molecule has 26 heavy (non-hydrogen) atoms. The van der Waals surface area contributed by atoms with E-state index >= 15 is 0 Å². The van der Waals surface area contributed by atoms with Crippen molar-refractivity contribution in [3.05, 3.63) is 65.9 Å². The van der Waals surface area contributed by atoms with E-state index in [4.69, 9.17) is 0 Å². The average Bonchev–Trinajstić information content (AvgIpc) is 2.64. The minimum atomic E-state index is -3.50. The lowest BCUT2D eigenvalue weighted by Crippen LogP contribution is -2.18. The van der Waals surface area contributed by atoms with Gasteiger partial charge in [-0.25, -0.2) is 8.42 Å². The average molecular weight is 368 g/mol. The van der Waals surface area contributed by atoms with E-state index in [1.54, 1.807) is 37.4 Å². The molecule has 0 aliphatic heterocycles. The maximum Gasteiger partial charge on any atom is 0.257 e. The molecule has 0 spiro atoms. The van der Waals surface area contributed by atoms with Crippen LogP contribution < -0.4 is 5.32 Å². The standard InChI is InChI=1S/C20H20N2O3S/c1-3-13-26(24,25)18-9-5-4-7-16(18)20(23)22-17-11-10-14(2)19-15(17)8-6-12-21-19/h4-12H,3,13H2,1-2H3,(H,22,23). The van der Waals surface area contributed by atoms with Crippen LogP contribution in [0.25, 0.3) is 10.9 Å². The summed E-state index contributed by atoms with van der Waals surface area (Å²) in [6.07, 6.45) is 2.19. The van der Waals surface area contributed by atoms with Gasteiger partial charge in [-0.2, -0.15) is 0 Å². The number of nitrogens with one attached hydrogen (secondary N) is 1. The number of anilines is 1. The Balaban J connectivity index is 2.02. The van der Waals surface area contributed by atoms with E-state index in [0.717, 1.165) is 16.5 Å². The van der Waals surface area contributed by atoms with Crippen molar-refractivity contribution in [1.82, 2.24) is 4.98 Å². The first-order valence-corrected chi connectivity index (χ1v) is 10.1. The van der Waals surface area contributed by atoms with Crippen LogP contribution in [0.5, 0.6) is 0 Å². The molecule has 2 aromatic carbocycles. The fraction of sp³-hybridized carbons (Fsp3) is 0.200. The van der Waals surface area contributed by atoms with Gasteiger partial charge in [0.05, 0.1) is 27.4 Å². The summed E-state index contributed by atoms with van der Waals surface area (Å²) in [7, 11) is -3.50. The Labute approximate surface area is 153 Å². The van der Waals surface area contributed by atoms with Gasteiger partial charge in [0.2, 0.25) is 0 Å². The minimum absolute atomic E-state index is 0.00861. The lowest BCUT2D eigenvalue weighted by atomic mass is 10.1. The summed E-state index contributed by atoms with van der Waals surface area (Å²) in [6, 6.07) is 13.7. The van der Waals surface area contributed by atoms with Crippen molar-refractivity contribution < 1.29 is 13.2 Å². The van der Waals surface area contributed by atoms with Gasteiger partial charge in [0.15, 0.2) is 9.84 Å². The predicted octanol–water partition coefficient (Wildman–Crippen LogP) is 3.98. The second-order valence-electron chi connectivity index (χ2n) is 6.10. The van der Waals surface area contributed by atoms with Crippen LogP contribution in [0.2, 0.25) is 0 Å². The summed E-state index contributed by atoms with van der Waals surface area (Å²) < 4.78 is 25.0. The molecular weight excluding hydrogens is 348 g/mol. The van der Waals surface area contributed by atoms with Crippen molar-refractivity contribution in [3.8, 4) is 0 Å². The molecule has 0 bridgehead atoms. The third-order valence-corrected chi connectivity index (χ3v) is 6.13. The highest BCUT2D eigenvalue weighted by molar-refractivity contribution is 7.91. The van der Waals surface area contributed by atoms with Gasteiger partial charge in [-0.05, 0) is 49.2 Å². The number of hydrogen-bond donors (Lipinski definition) is 1. The number of amides is 1. The van der Waals surface area contributed by atoms with Gasteiger partial charge in [0.25, 0.3) is 5.91 Å². The fourth-order valence-corrected chi connectivity index (χ4v) is 4.46. The Morgan fingerprint density at radius 2 is 1.85 bits per heavy atom. The quantitative estimate of drug-likeness (QED) is 0.739. The van der Waals surface area contributed by atoms with E-state index in [9.17, 15) is 13.2 Å². The number of fused-ring (bicyclic) bond motifs is 1. The number of aromatic nitrogens is 1. The Hall–Kier alpha value is -2.73. The number of benzene rings is 2. The van der Waals surface area contributed by atoms with Crippen LogP contribution in [0.15, 0.2) is 59.6 Å². The van der Waals surface area contributed by atoms with E-state index < -0.39 is 15.7 Å². The molecule has 0 unspecified atom stereocenters. The number of rotatable bonds is 5. The molecule has 134 valence electrons. The van der Waals surface area contributed by atoms with Gasteiger partial charge < -0.3 is 5.32 Å². The van der Waals surface area contributed by atoms with Crippen LogP contribution in [0.3, 0.4) is 0 Å². The summed E-state index contributed by atoms with van der Waals surface area (Å²) in [4.78, 5) is 17.2. The summed E-state index contributed by atoms with van der Waals surface area (Å²) in [5, 5.41) is 3.65. The van der Waals surface area contributed by atoms with Gasteiger partial charge in [-0.15, -0.1) is 0 Å². The number of aryl methyl sites for hydroxylation is 1. The number of carbonyl (C=O) groups is 1. The number of hydrogen-bond acceptors (Lipinski definition) is 4. The molecule has 0 aliphatic carbocycles. The van der Waals surface area contributed by atoms with E-state index in [-0.39, 0.29) is 16.2 Å². The molecule has 1 N–H and O–H groups in total. The molecule has 0 aliphatic rings. The van der Waals surface area contributed by atoms with Gasteiger partial charge in [0, 0.05) is 11.6 Å². The van der Waals surface area contributed by atoms with E-state index in [1.807, 2.05) is 19.1 Å². The summed E-state index contributed by atoms with van der Waals surface area (Å²) in [5.41, 5.74) is 2.56. The van der Waals surface area contributed by atoms with Crippen LogP contribution >= 0.6 is 0 Å². The van der Waals surface area contributed by atoms with Crippen LogP contribution in [0, 0.1) is 6.92 Å². The lowest BCUT2D eigenvalue weighted by molar-refractivity contribution is 0.102. The predicted molar refractivity (Wildman–Crippen MR) is 103 cm³/mol. The van der Waals surface area contributed by atoms with E-state index in [1.165, 1.54) is 12.1 Å². The zero-order valence-electron chi connectivity index (χ0n) is 14.7. The Bertz CT molecular complexity index is 1080. The smallest absolute Gasteiger partial charge is 0.257 e. The topological polar surface area (TPSA) is 76.1 Å². The minimum Gasteiger partial charge on any atom is -0.321 e. The molecule has 1 amide bonds. The number of pyridine rings is 1. The molecule has 6 heteroatoms. The van der Waals surface area contributed by atoms with E-state index in [2.05, 4.69) is 10.3 Å². The SMILES string of the molecule is CCCS(=O)(=O)c1ccccc1C(=O)Nc1ccc(C)c2ncccc12. The summed E-state index contributed by atoms with van der Waals surface area (Å²) in [6.45, 7) is 3.75. The number of nitrogens with zero attached hydrogens (tertiary/aromatic N) is 1. The summed E-state index contributed by atoms with van der Waals surface area (Å²) in [5.74, 6) is -0.441. The zero-order valence-corrected chi connectivity index (χ0v) is 15.5. The first-order valence-electron chi connectivity index (χ1n) is 8.41. The second kappa shape index (κ2) is 7.25. The third kappa shape index (κ3) is 3.46. The molecule has 0 atom stereocenters. The van der Waals surface area contributed by atoms with Gasteiger partial charge in [0.1, 0.15) is 0 Å². The Morgan fingerprint density at radius 1 is 1.08 bits per heavy atom. The number of carbonyl (C=O) groups excluding carboxylic acids is 1. The molecule has 5 nitrogen and oxygen atoms in total. The third-order valence-electron chi connectivity index (χ3n) is 4.16. The Morgan fingerprint density at radius 3 is 2.62 bits per heavy atom. The van der Waals surface area contributed by atoms with Crippen LogP contribution in [-0.4, -0.2) is 25.1 Å². The van der Waals surface area contributed by atoms with Gasteiger partial charge in [-0.1, -0.05) is 25.1 Å². The van der Waals surface area contributed by atoms with Crippen molar-refractivity contribution in [2.75, 3.05) is 11.1 Å². The monoisotopic (exact) mass is 368 g/mol. The van der Waals surface area contributed by atoms with Crippen molar-refractivity contribution in [2.24, 2.45) is 0 Å². The molecule has 3 rings (SSSR count). The second-order valence-corrected chi connectivity index (χ2v) is 8.18. The largest absolute Gasteiger partial charge is 0.321 e. The molecule has 0 radical (unpaired) electrons. The number of sulfone groups is 1. The zero-order chi connectivity index (χ0) is 18.7. The Kier molecular flexibility index (Phi) is 5.04. The highest BCUT2D eigenvalue weighted by atomic mass is 32.2. The maximum absolute atomic E-state index is 12.8. The molecule has 0 saturated heterocycles. The first kappa shape index (κ1) is 18.1. The first-order chi connectivity index (χ1) is 12.4. The molecule has 1 aromatic heterocycles. The molecule has 1 heterocycles. The van der Waals surface area contributed by atoms with Gasteiger partial charge in [-0.3, -0.25) is 9.78 Å². The van der Waals surface area contributed by atoms with E-state index in [0.29, 0.717) is 12.1 Å². The molecular formula is C20H20N2O3S. The normalized spacial score (nSPS) is 11.5. The highest BCUT2D eigenvalue weighted by Gasteiger charge is 2.22. The van der Waals surface area contributed by atoms with Crippen LogP contribution in [0.1, 0.15) is 29.3 Å². The summed E-state index contributed by atoms with van der Waals surface area (Å²) >= 11 is 0. The van der Waals surface area contributed by atoms with Crippen molar-refractivity contribution >= 4 is 32.3 Å². The van der Waals surface area contributed by atoms with Gasteiger partial charge >= 0.3 is 0 Å². The van der Waals surface area contributed by atoms with Crippen LogP contribution in [0.4, 0.5) is 5.69 Å². The van der Waals surface area contributed by atoms with Crippen molar-refractivity contribution in [3.63, 3.8) is 0 Å². The highest BCUT2D eigenvalue weighted by Crippen LogP contribution is 2.26. The van der Waals surface area contributed by atoms with Crippen molar-refractivity contribution in [2.45, 2.75) is 25.2 Å². The maximum atomic E-state index is 12.8. The molecule has 3 aromatic rings. The molecule has 0 saturated carbocycles. The lowest BCUT2D eigenvalue weighted by Gasteiger charge is -2.12. The molecule has 0 fully saturated rings. The van der Waals surface area contributed by atoms with Crippen LogP contribution in [-0.2, 0) is 9.84 Å². The van der Waals surface area contributed by atoms with Crippen molar-refractivity contribution in [1.29, 1.82) is 0 Å².